The molecule has 0 saturated heterocycles. The van der Waals surface area contributed by atoms with Crippen molar-refractivity contribution in [2.45, 2.75) is 32.8 Å². The molecule has 1 heterocycles. The first-order valence-electron chi connectivity index (χ1n) is 7.17. The number of rotatable bonds is 2. The maximum atomic E-state index is 12.6. The Balaban J connectivity index is 1.89. The van der Waals surface area contributed by atoms with Gasteiger partial charge < -0.3 is 10.5 Å². The zero-order chi connectivity index (χ0) is 15.1. The number of ketones is 1. The number of hydrogen-bond donors (Lipinski definition) is 1. The molecule has 1 aromatic rings. The number of fused-ring (bicyclic) bond motifs is 1. The predicted octanol–water partition coefficient (Wildman–Crippen LogP) is 1.99. The van der Waals surface area contributed by atoms with E-state index in [2.05, 4.69) is 4.99 Å². The van der Waals surface area contributed by atoms with Crippen LogP contribution in [0.25, 0.3) is 0 Å². The van der Waals surface area contributed by atoms with E-state index < -0.39 is 0 Å². The van der Waals surface area contributed by atoms with Crippen LogP contribution < -0.4 is 5.73 Å². The normalized spacial score (nSPS) is 24.4. The van der Waals surface area contributed by atoms with Gasteiger partial charge in [-0.3, -0.25) is 9.59 Å². The summed E-state index contributed by atoms with van der Waals surface area (Å²) in [7, 11) is 0. The van der Waals surface area contributed by atoms with Crippen LogP contribution in [-0.4, -0.2) is 23.7 Å². The number of nitrogens with two attached hydrogens (primary N) is 1. The topological polar surface area (TPSA) is 81.8 Å². The van der Waals surface area contributed by atoms with Gasteiger partial charge >= 0.3 is 0 Å². The summed E-state index contributed by atoms with van der Waals surface area (Å²) in [5.41, 5.74) is 8.15. The number of nitrogen functional groups attached to an aromatic ring is 1. The summed E-state index contributed by atoms with van der Waals surface area (Å²) in [5.74, 6) is -0.336. The second-order valence-electron chi connectivity index (χ2n) is 5.87. The van der Waals surface area contributed by atoms with E-state index in [0.717, 1.165) is 5.56 Å². The molecule has 0 spiro atoms. The molecule has 2 N–H and O–H groups in total. The molecule has 1 aliphatic heterocycles. The van der Waals surface area contributed by atoms with Gasteiger partial charge in [0.05, 0.1) is 12.0 Å². The number of aliphatic imine (C=N–C) groups is 1. The maximum Gasteiger partial charge on any atom is 0.249 e. The minimum absolute atomic E-state index is 0.0389. The molecule has 2 aliphatic rings. The van der Waals surface area contributed by atoms with Gasteiger partial charge in [-0.25, -0.2) is 0 Å². The Morgan fingerprint density at radius 2 is 2.00 bits per heavy atom. The van der Waals surface area contributed by atoms with Gasteiger partial charge in [0.1, 0.15) is 0 Å². The van der Waals surface area contributed by atoms with Crippen LogP contribution >= 0.6 is 0 Å². The summed E-state index contributed by atoms with van der Waals surface area (Å²) in [6.07, 6.45) is 0.729. The molecule has 0 saturated carbocycles. The van der Waals surface area contributed by atoms with E-state index in [4.69, 9.17) is 10.5 Å². The summed E-state index contributed by atoms with van der Waals surface area (Å²) in [4.78, 5) is 28.2. The Labute approximate surface area is 123 Å². The van der Waals surface area contributed by atoms with Crippen LogP contribution in [0, 0.1) is 11.8 Å². The molecular weight excluding hydrogens is 268 g/mol. The third-order valence-corrected chi connectivity index (χ3v) is 4.03. The third-order valence-electron chi connectivity index (χ3n) is 4.03. The van der Waals surface area contributed by atoms with Crippen LogP contribution in [0.4, 0.5) is 5.69 Å². The standard InChI is InChI=1S/C16H18N2O3/c1-8(2)21-16-12(7-14(19)18-16)11-6-10-9(15(11)20)4-3-5-13(10)17/h3-5,8,11-12H,6-7,17H2,1-2H3. The maximum absolute atomic E-state index is 12.6. The fraction of sp³-hybridized carbons (Fsp3) is 0.438. The minimum atomic E-state index is -0.298. The van der Waals surface area contributed by atoms with E-state index in [1.54, 1.807) is 18.2 Å². The fourth-order valence-corrected chi connectivity index (χ4v) is 3.10. The molecule has 5 heteroatoms. The number of amides is 1. The van der Waals surface area contributed by atoms with E-state index in [0.29, 0.717) is 23.6 Å². The number of hydrogen-bond acceptors (Lipinski definition) is 4. The van der Waals surface area contributed by atoms with Crippen LogP contribution in [0.1, 0.15) is 36.2 Å². The Kier molecular flexibility index (Phi) is 3.27. The molecule has 2 unspecified atom stereocenters. The first-order chi connectivity index (χ1) is 9.97. The molecule has 110 valence electrons. The minimum Gasteiger partial charge on any atom is -0.478 e. The van der Waals surface area contributed by atoms with Crippen LogP contribution in [0.3, 0.4) is 0 Å². The smallest absolute Gasteiger partial charge is 0.249 e. The number of Topliss-reactive ketones (excluding diaryl/α,β-unsaturated/α-hetero) is 1. The van der Waals surface area contributed by atoms with E-state index in [9.17, 15) is 9.59 Å². The van der Waals surface area contributed by atoms with Crippen molar-refractivity contribution in [3.63, 3.8) is 0 Å². The van der Waals surface area contributed by atoms with Crippen molar-refractivity contribution in [1.29, 1.82) is 0 Å². The highest BCUT2D eigenvalue weighted by Gasteiger charge is 2.43. The summed E-state index contributed by atoms with van der Waals surface area (Å²) < 4.78 is 5.63. The number of ether oxygens (including phenoxy) is 1. The van der Waals surface area contributed by atoms with Crippen molar-refractivity contribution in [1.82, 2.24) is 0 Å². The highest BCUT2D eigenvalue weighted by Crippen LogP contribution is 2.38. The van der Waals surface area contributed by atoms with Gasteiger partial charge in [-0.05, 0) is 31.9 Å². The molecule has 2 atom stereocenters. The van der Waals surface area contributed by atoms with Crippen LogP contribution in [0.15, 0.2) is 23.2 Å². The monoisotopic (exact) mass is 286 g/mol. The van der Waals surface area contributed by atoms with E-state index in [-0.39, 0.29) is 36.1 Å². The molecule has 5 nitrogen and oxygen atoms in total. The van der Waals surface area contributed by atoms with Crippen molar-refractivity contribution in [2.24, 2.45) is 16.8 Å². The van der Waals surface area contributed by atoms with Gasteiger partial charge in [0.25, 0.3) is 0 Å². The zero-order valence-corrected chi connectivity index (χ0v) is 12.1. The second-order valence-corrected chi connectivity index (χ2v) is 5.87. The van der Waals surface area contributed by atoms with Crippen molar-refractivity contribution in [2.75, 3.05) is 5.73 Å². The number of nitrogens with zero attached hydrogens (tertiary/aromatic N) is 1. The second kappa shape index (κ2) is 4.98. The summed E-state index contributed by atoms with van der Waals surface area (Å²) in [6, 6.07) is 5.38. The first kappa shape index (κ1) is 13.8. The molecule has 1 aromatic carbocycles. The largest absolute Gasteiger partial charge is 0.478 e. The van der Waals surface area contributed by atoms with E-state index in [1.807, 2.05) is 13.8 Å². The molecule has 0 fully saturated rings. The third kappa shape index (κ3) is 2.33. The average molecular weight is 286 g/mol. The fourth-order valence-electron chi connectivity index (χ4n) is 3.10. The Bertz CT molecular complexity index is 649. The van der Waals surface area contributed by atoms with Crippen molar-refractivity contribution in [3.8, 4) is 0 Å². The molecule has 1 amide bonds. The van der Waals surface area contributed by atoms with Crippen molar-refractivity contribution >= 4 is 23.3 Å². The molecule has 1 aliphatic carbocycles. The van der Waals surface area contributed by atoms with Gasteiger partial charge in [-0.2, -0.15) is 4.99 Å². The van der Waals surface area contributed by atoms with Crippen LogP contribution in [0.2, 0.25) is 0 Å². The van der Waals surface area contributed by atoms with Crippen molar-refractivity contribution < 1.29 is 14.3 Å². The van der Waals surface area contributed by atoms with Gasteiger partial charge in [0.15, 0.2) is 11.7 Å². The highest BCUT2D eigenvalue weighted by atomic mass is 16.5. The molecular formula is C16H18N2O3. The molecule has 0 radical (unpaired) electrons. The summed E-state index contributed by atoms with van der Waals surface area (Å²) in [6.45, 7) is 3.76. The predicted molar refractivity (Wildman–Crippen MR) is 79.1 cm³/mol. The molecule has 0 aromatic heterocycles. The Morgan fingerprint density at radius 1 is 1.24 bits per heavy atom. The van der Waals surface area contributed by atoms with Crippen LogP contribution in [0.5, 0.6) is 0 Å². The summed E-state index contributed by atoms with van der Waals surface area (Å²) >= 11 is 0. The lowest BCUT2D eigenvalue weighted by atomic mass is 9.87. The molecule has 3 rings (SSSR count). The van der Waals surface area contributed by atoms with Gasteiger partial charge in [-0.15, -0.1) is 0 Å². The zero-order valence-electron chi connectivity index (χ0n) is 12.1. The quantitative estimate of drug-likeness (QED) is 0.843. The molecule has 0 bridgehead atoms. The van der Waals surface area contributed by atoms with Gasteiger partial charge in [-0.1, -0.05) is 12.1 Å². The number of benzene rings is 1. The average Bonchev–Trinajstić information content (AvgIpc) is 2.91. The number of anilines is 1. The number of carbonyl (C=O) groups is 2. The summed E-state index contributed by atoms with van der Waals surface area (Å²) in [5, 5.41) is 0. The Hall–Kier alpha value is -2.17. The number of carbonyl (C=O) groups excluding carboxylic acids is 2. The van der Waals surface area contributed by atoms with E-state index >= 15 is 0 Å². The first-order valence-corrected chi connectivity index (χ1v) is 7.17. The molecule has 21 heavy (non-hydrogen) atoms. The van der Waals surface area contributed by atoms with Crippen molar-refractivity contribution in [3.05, 3.63) is 29.3 Å². The SMILES string of the molecule is CC(C)OC1=NC(=O)CC1C1Cc2c(N)cccc2C1=O. The van der Waals surface area contributed by atoms with Gasteiger partial charge in [0, 0.05) is 23.6 Å². The highest BCUT2D eigenvalue weighted by molar-refractivity contribution is 6.08. The van der Waals surface area contributed by atoms with Gasteiger partial charge in [0.2, 0.25) is 5.91 Å². The lowest BCUT2D eigenvalue weighted by molar-refractivity contribution is -0.117. The Morgan fingerprint density at radius 3 is 2.67 bits per heavy atom. The van der Waals surface area contributed by atoms with E-state index in [1.165, 1.54) is 0 Å². The van der Waals surface area contributed by atoms with Crippen LogP contribution in [-0.2, 0) is 16.0 Å². The lowest BCUT2D eigenvalue weighted by Crippen LogP contribution is -2.28. The lowest BCUT2D eigenvalue weighted by Gasteiger charge is -2.20.